The summed E-state index contributed by atoms with van der Waals surface area (Å²) in [5, 5.41) is 0. The average molecular weight is 1860 g/mol. The van der Waals surface area contributed by atoms with Crippen molar-refractivity contribution in [2.75, 3.05) is 34.5 Å². The predicted molar refractivity (Wildman–Crippen MR) is 513 cm³/mol. The molecule has 0 spiro atoms. The van der Waals surface area contributed by atoms with E-state index in [9.17, 15) is 9.59 Å². The lowest BCUT2D eigenvalue weighted by atomic mass is 9.84. The summed E-state index contributed by atoms with van der Waals surface area (Å²) in [6.07, 6.45) is 30.1. The van der Waals surface area contributed by atoms with Gasteiger partial charge < -0.3 is 37.9 Å². The quantitative estimate of drug-likeness (QED) is 0.0149. The molecule has 0 heterocycles. The van der Waals surface area contributed by atoms with E-state index >= 15 is 13.7 Å². The molecule has 710 valence electrons. The van der Waals surface area contributed by atoms with Gasteiger partial charge in [-0.2, -0.15) is 0 Å². The number of phosphoric ester groups is 3. The van der Waals surface area contributed by atoms with E-state index in [-0.39, 0.29) is 59.1 Å². The Balaban J connectivity index is 1.14. The number of carbonyl (C=O) groups is 2. The third kappa shape index (κ3) is 42.2. The first-order chi connectivity index (χ1) is 64.2. The second-order valence-electron chi connectivity index (χ2n) is 32.5. The van der Waals surface area contributed by atoms with Gasteiger partial charge in [-0.15, -0.1) is 0 Å². The summed E-state index contributed by atoms with van der Waals surface area (Å²) in [4.78, 5) is 28.4. The van der Waals surface area contributed by atoms with Crippen molar-refractivity contribution in [1.29, 1.82) is 0 Å². The number of ether oxygens (including phenoxy) is 8. The average Bonchev–Trinajstić information content (AvgIpc) is 0.743. The molecule has 8 atom stereocenters. The molecule has 1 aliphatic carbocycles. The molecule has 131 heavy (non-hydrogen) atoms. The Morgan fingerprint density at radius 2 is 0.550 bits per heavy atom. The molecule has 8 aromatic carbocycles. The zero-order chi connectivity index (χ0) is 92.3. The number of carbonyl (C=O) groups excluding carboxylic acids is 2. The molecule has 0 bridgehead atoms. The van der Waals surface area contributed by atoms with Gasteiger partial charge in [0, 0.05) is 12.8 Å². The van der Waals surface area contributed by atoms with Crippen LogP contribution in [-0.2, 0) is 141 Å². The fourth-order valence-electron chi connectivity index (χ4n) is 14.5. The maximum atomic E-state index is 17.2. The summed E-state index contributed by atoms with van der Waals surface area (Å²) >= 11 is 0. The molecule has 9 rings (SSSR count). The molecule has 0 saturated heterocycles. The van der Waals surface area contributed by atoms with Gasteiger partial charge in [-0.3, -0.25) is 50.3 Å². The Labute approximate surface area is 778 Å². The van der Waals surface area contributed by atoms with Crippen LogP contribution in [-0.4, -0.2) is 89.2 Å². The van der Waals surface area contributed by atoms with Gasteiger partial charge in [0.05, 0.1) is 80.8 Å². The van der Waals surface area contributed by atoms with Crippen molar-refractivity contribution in [2.24, 2.45) is 0 Å². The molecular formula is C106H139O22P3. The number of methoxy groups -OCH3 is 3. The SMILES string of the molecule is CCCCC/C=C\C/C=C\C/C=C\C/C=C\CCCC(=O)O[C@H](COC(=O)CCCCCCCCCCCCCCCCC)COP(=O)(OCc1ccccc1)OC1[C@H](OCc2ccc(OC)cc2)[C@H](OP(=O)(OCc2ccccc2)OCc2ccccc2)C(OCc2ccc(OC)cc2)[C@H](OP(=O)(OCc2ccccc2)OCc2ccccc2)[C@H]1OCc1ccc(OC)cc1. The molecule has 0 aliphatic heterocycles. The maximum Gasteiger partial charge on any atom is 0.475 e. The molecular weight excluding hydrogens is 1720 g/mol. The fourth-order valence-corrected chi connectivity index (χ4v) is 18.6. The van der Waals surface area contributed by atoms with Crippen molar-refractivity contribution in [3.63, 3.8) is 0 Å². The van der Waals surface area contributed by atoms with Gasteiger partial charge in [-0.25, -0.2) is 13.7 Å². The number of esters is 2. The number of allylic oxidation sites excluding steroid dienone is 8. The Hall–Kier alpha value is -8.73. The highest BCUT2D eigenvalue weighted by molar-refractivity contribution is 7.49. The van der Waals surface area contributed by atoms with Gasteiger partial charge in [0.25, 0.3) is 0 Å². The Morgan fingerprint density at radius 1 is 0.282 bits per heavy atom. The van der Waals surface area contributed by atoms with Gasteiger partial charge in [-0.1, -0.05) is 353 Å². The van der Waals surface area contributed by atoms with E-state index in [1.54, 1.807) is 215 Å². The first-order valence-electron chi connectivity index (χ1n) is 46.8. The van der Waals surface area contributed by atoms with E-state index in [0.717, 1.165) is 44.9 Å². The number of hydrogen-bond donors (Lipinski definition) is 0. The largest absolute Gasteiger partial charge is 0.497 e. The van der Waals surface area contributed by atoms with Gasteiger partial charge >= 0.3 is 35.4 Å². The lowest BCUT2D eigenvalue weighted by molar-refractivity contribution is -0.254. The molecule has 0 aromatic heterocycles. The van der Waals surface area contributed by atoms with E-state index in [0.29, 0.717) is 87.4 Å². The van der Waals surface area contributed by atoms with E-state index in [1.807, 2.05) is 36.4 Å². The first-order valence-corrected chi connectivity index (χ1v) is 51.1. The Bertz CT molecular complexity index is 4400. The highest BCUT2D eigenvalue weighted by Gasteiger charge is 2.61. The Kier molecular flexibility index (Phi) is 50.7. The first kappa shape index (κ1) is 106. The monoisotopic (exact) mass is 1860 g/mol. The second kappa shape index (κ2) is 62.7. The van der Waals surface area contributed by atoms with Crippen LogP contribution in [0.3, 0.4) is 0 Å². The van der Waals surface area contributed by atoms with Crippen LogP contribution < -0.4 is 14.2 Å². The van der Waals surface area contributed by atoms with Crippen molar-refractivity contribution in [1.82, 2.24) is 0 Å². The number of hydrogen-bond acceptors (Lipinski definition) is 22. The van der Waals surface area contributed by atoms with Crippen LogP contribution in [0.15, 0.2) is 273 Å². The van der Waals surface area contributed by atoms with Crippen LogP contribution in [0, 0.1) is 0 Å². The van der Waals surface area contributed by atoms with Crippen LogP contribution >= 0.6 is 23.5 Å². The molecule has 25 heteroatoms. The van der Waals surface area contributed by atoms with Crippen LogP contribution in [0.2, 0.25) is 0 Å². The van der Waals surface area contributed by atoms with Crippen molar-refractivity contribution in [3.05, 3.63) is 318 Å². The highest BCUT2D eigenvalue weighted by atomic mass is 31.2. The van der Waals surface area contributed by atoms with Crippen molar-refractivity contribution in [2.45, 2.75) is 276 Å². The minimum absolute atomic E-state index is 0.0464. The summed E-state index contributed by atoms with van der Waals surface area (Å²) in [7, 11) is -11.1. The molecule has 22 nitrogen and oxygen atoms in total. The number of rotatable bonds is 69. The zero-order valence-corrected chi connectivity index (χ0v) is 80.0. The topological polar surface area (TPSA) is 242 Å². The smallest absolute Gasteiger partial charge is 0.475 e. The number of phosphoric acid groups is 3. The van der Waals surface area contributed by atoms with Crippen molar-refractivity contribution in [3.8, 4) is 17.2 Å². The van der Waals surface area contributed by atoms with Gasteiger partial charge in [0.15, 0.2) is 6.10 Å². The van der Waals surface area contributed by atoms with Gasteiger partial charge in [-0.05, 0) is 132 Å². The van der Waals surface area contributed by atoms with Crippen LogP contribution in [0.4, 0.5) is 0 Å². The van der Waals surface area contributed by atoms with E-state index in [2.05, 4.69) is 56.4 Å². The normalized spacial score (nSPS) is 16.7. The van der Waals surface area contributed by atoms with E-state index in [4.69, 9.17) is 78.6 Å². The summed E-state index contributed by atoms with van der Waals surface area (Å²) < 4.78 is 163. The molecule has 1 saturated carbocycles. The summed E-state index contributed by atoms with van der Waals surface area (Å²) in [5.41, 5.74) is 4.54. The minimum Gasteiger partial charge on any atom is -0.497 e. The lowest BCUT2D eigenvalue weighted by Crippen LogP contribution is -2.67. The molecule has 1 fully saturated rings. The lowest BCUT2D eigenvalue weighted by Gasteiger charge is -2.50. The molecule has 0 N–H and O–H groups in total. The van der Waals surface area contributed by atoms with Crippen molar-refractivity contribution >= 4 is 35.4 Å². The summed E-state index contributed by atoms with van der Waals surface area (Å²) in [6.45, 7) is 0.504. The highest BCUT2D eigenvalue weighted by Crippen LogP contribution is 2.61. The summed E-state index contributed by atoms with van der Waals surface area (Å²) in [6, 6.07) is 65.9. The Morgan fingerprint density at radius 3 is 0.863 bits per heavy atom. The van der Waals surface area contributed by atoms with Crippen molar-refractivity contribution < 1.29 is 102 Å². The second-order valence-corrected chi connectivity index (χ2v) is 37.4. The summed E-state index contributed by atoms with van der Waals surface area (Å²) in [5.74, 6) is 0.417. The third-order valence-corrected chi connectivity index (χ3v) is 26.2. The van der Waals surface area contributed by atoms with Crippen LogP contribution in [0.25, 0.3) is 0 Å². The van der Waals surface area contributed by atoms with Gasteiger partial charge in [0.1, 0.15) is 60.5 Å². The van der Waals surface area contributed by atoms with Gasteiger partial charge in [0.2, 0.25) is 0 Å². The van der Waals surface area contributed by atoms with Crippen LogP contribution in [0.5, 0.6) is 17.2 Å². The van der Waals surface area contributed by atoms with E-state index < -0.39 is 98.0 Å². The number of unbranched alkanes of at least 4 members (excludes halogenated alkanes) is 18. The van der Waals surface area contributed by atoms with E-state index in [1.165, 1.54) is 83.5 Å². The molecule has 0 radical (unpaired) electrons. The molecule has 1 aliphatic rings. The maximum absolute atomic E-state index is 17.2. The molecule has 0 amide bonds. The standard InChI is InChI=1S/C106H139O22P3/c1-6-8-10-12-14-16-18-20-22-23-25-27-29-31-33-35-52-64-100(108)125-98(85-115-99(107)63-51-34-32-30-28-26-24-21-19-17-15-13-11-9-7-2)86-124-131(111,123-84-91-61-49-40-50-62-91)128-106-102(117-78-93-67-73-96(113-4)74-68-93)104(126-129(109,119-80-87-53-41-36-42-54-87)120-81-88-55-43-37-44-56-88)101(116-77-92-65-71-95(112-3)72-66-92)105(103(106)118-79-94-69-75-97(114-5)76-70-94)127-130(110,121-82-89-57-45-38-46-58-89)122-83-90-59-47-39-48-60-90/h14,16,20,22,25,27,31,33,36-50,53-62,65-76,98,101-106H,6-13,15,17-19,21,23-24,26,28-30,32,34-35,51-52,63-64,77-86H2,1-5H3/b16-14-,22-20-,27-25-,33-31-/t98-,101?,102-,103-,104-,105+,106?,131?/m1/s1. The number of benzene rings is 8. The minimum atomic E-state index is -5.42. The third-order valence-electron chi connectivity index (χ3n) is 22.0. The van der Waals surface area contributed by atoms with Crippen LogP contribution in [0.1, 0.15) is 225 Å². The molecule has 8 aromatic rings. The fraction of sp³-hybridized carbons (Fsp3) is 0.453. The molecule has 3 unspecified atom stereocenters. The predicted octanol–water partition coefficient (Wildman–Crippen LogP) is 27.2. The zero-order valence-electron chi connectivity index (χ0n) is 77.3.